The molecule has 0 bridgehead atoms. The number of nitrogens with zero attached hydrogens (tertiary/aromatic N) is 1. The fraction of sp³-hybridized carbons (Fsp3) is 0.429. The van der Waals surface area contributed by atoms with Gasteiger partial charge in [-0.05, 0) is 0 Å². The van der Waals surface area contributed by atoms with E-state index >= 15 is 0 Å². The maximum absolute atomic E-state index is 11.1. The average Bonchev–Trinajstić information content (AvgIpc) is 2.62. The van der Waals surface area contributed by atoms with E-state index in [1.54, 1.807) is 0 Å². The summed E-state index contributed by atoms with van der Waals surface area (Å²) in [6.07, 6.45) is 0. The van der Waals surface area contributed by atoms with E-state index in [1.807, 2.05) is 0 Å². The molecule has 5 nitrogen and oxygen atoms in total. The van der Waals surface area contributed by atoms with Gasteiger partial charge in [-0.1, -0.05) is 5.16 Å². The van der Waals surface area contributed by atoms with Crippen molar-refractivity contribution in [3.05, 3.63) is 17.0 Å². The van der Waals surface area contributed by atoms with Crippen molar-refractivity contribution in [1.82, 2.24) is 10.5 Å². The first-order valence-corrected chi connectivity index (χ1v) is 3.59. The van der Waals surface area contributed by atoms with Gasteiger partial charge in [-0.2, -0.15) is 0 Å². The van der Waals surface area contributed by atoms with Crippen molar-refractivity contribution in [3.8, 4) is 0 Å². The van der Waals surface area contributed by atoms with E-state index in [0.717, 1.165) is 11.3 Å². The van der Waals surface area contributed by atoms with E-state index in [-0.39, 0.29) is 5.69 Å². The Morgan fingerprint density at radius 2 is 2.50 bits per heavy atom. The SMILES string of the molecule is COC(=O)c1noc2c1CNC2. The van der Waals surface area contributed by atoms with E-state index in [0.29, 0.717) is 13.1 Å². The fourth-order valence-corrected chi connectivity index (χ4v) is 1.22. The first kappa shape index (κ1) is 7.30. The molecule has 1 aromatic rings. The second-order valence-corrected chi connectivity index (χ2v) is 2.53. The molecule has 1 aliphatic rings. The molecule has 2 rings (SSSR count). The first-order chi connectivity index (χ1) is 5.83. The normalized spacial score (nSPS) is 14.4. The van der Waals surface area contributed by atoms with Gasteiger partial charge >= 0.3 is 5.97 Å². The summed E-state index contributed by atoms with van der Waals surface area (Å²) in [6, 6.07) is 0. The van der Waals surface area contributed by atoms with Crippen molar-refractivity contribution in [3.63, 3.8) is 0 Å². The molecule has 1 aliphatic heterocycles. The summed E-state index contributed by atoms with van der Waals surface area (Å²) in [4.78, 5) is 11.1. The molecule has 12 heavy (non-hydrogen) atoms. The third-order valence-electron chi connectivity index (χ3n) is 1.84. The van der Waals surface area contributed by atoms with Crippen LogP contribution in [0.25, 0.3) is 0 Å². The lowest BCUT2D eigenvalue weighted by Crippen LogP contribution is -2.07. The second kappa shape index (κ2) is 2.60. The van der Waals surface area contributed by atoms with Gasteiger partial charge in [-0.3, -0.25) is 0 Å². The number of hydrogen-bond acceptors (Lipinski definition) is 5. The van der Waals surface area contributed by atoms with Crippen molar-refractivity contribution in [2.75, 3.05) is 7.11 Å². The summed E-state index contributed by atoms with van der Waals surface area (Å²) in [5.74, 6) is 0.291. The third kappa shape index (κ3) is 0.902. The summed E-state index contributed by atoms with van der Waals surface area (Å²) < 4.78 is 9.45. The summed E-state index contributed by atoms with van der Waals surface area (Å²) in [5, 5.41) is 6.66. The number of carbonyl (C=O) groups is 1. The predicted octanol–water partition coefficient (Wildman–Crippen LogP) is 0.0644. The molecule has 0 aliphatic carbocycles. The zero-order chi connectivity index (χ0) is 8.55. The van der Waals surface area contributed by atoms with Crippen LogP contribution < -0.4 is 5.32 Å². The number of hydrogen-bond donors (Lipinski definition) is 1. The van der Waals surface area contributed by atoms with Crippen LogP contribution in [0, 0.1) is 0 Å². The van der Waals surface area contributed by atoms with Gasteiger partial charge in [0.05, 0.1) is 13.7 Å². The zero-order valence-electron chi connectivity index (χ0n) is 6.59. The number of rotatable bonds is 1. The maximum Gasteiger partial charge on any atom is 0.360 e. The molecule has 0 saturated heterocycles. The average molecular weight is 168 g/mol. The monoisotopic (exact) mass is 168 g/mol. The van der Waals surface area contributed by atoms with Gasteiger partial charge in [0.15, 0.2) is 11.5 Å². The van der Waals surface area contributed by atoms with Crippen LogP contribution in [0.15, 0.2) is 4.52 Å². The Morgan fingerprint density at radius 1 is 1.67 bits per heavy atom. The number of esters is 1. The standard InChI is InChI=1S/C7H8N2O3/c1-11-7(10)6-4-2-8-3-5(4)12-9-6/h8H,2-3H2,1H3. The molecule has 0 spiro atoms. The second-order valence-electron chi connectivity index (χ2n) is 2.53. The molecule has 2 heterocycles. The van der Waals surface area contributed by atoms with Crippen LogP contribution >= 0.6 is 0 Å². The van der Waals surface area contributed by atoms with Gasteiger partial charge in [-0.25, -0.2) is 4.79 Å². The molecule has 5 heteroatoms. The maximum atomic E-state index is 11.1. The molecule has 0 unspecified atom stereocenters. The Bertz CT molecular complexity index is 318. The summed E-state index contributed by atoms with van der Waals surface area (Å²) in [6.45, 7) is 1.27. The van der Waals surface area contributed by atoms with Gasteiger partial charge in [0.2, 0.25) is 0 Å². The third-order valence-corrected chi connectivity index (χ3v) is 1.84. The number of carbonyl (C=O) groups excluding carboxylic acids is 1. The van der Waals surface area contributed by atoms with Crippen molar-refractivity contribution in [2.45, 2.75) is 13.1 Å². The molecule has 0 amide bonds. The Hall–Kier alpha value is -1.36. The molecule has 64 valence electrons. The minimum absolute atomic E-state index is 0.289. The largest absolute Gasteiger partial charge is 0.464 e. The molecule has 0 aromatic carbocycles. The molecule has 0 radical (unpaired) electrons. The van der Waals surface area contributed by atoms with Crippen LogP contribution in [0.3, 0.4) is 0 Å². The smallest absolute Gasteiger partial charge is 0.360 e. The zero-order valence-corrected chi connectivity index (χ0v) is 6.59. The number of nitrogens with one attached hydrogen (secondary N) is 1. The molecule has 0 fully saturated rings. The van der Waals surface area contributed by atoms with E-state index in [1.165, 1.54) is 7.11 Å². The van der Waals surface area contributed by atoms with Gasteiger partial charge in [0.25, 0.3) is 0 Å². The summed E-state index contributed by atoms with van der Waals surface area (Å²) >= 11 is 0. The highest BCUT2D eigenvalue weighted by Gasteiger charge is 2.25. The minimum Gasteiger partial charge on any atom is -0.464 e. The lowest BCUT2D eigenvalue weighted by atomic mass is 10.2. The summed E-state index contributed by atoms with van der Waals surface area (Å²) in [7, 11) is 1.33. The lowest BCUT2D eigenvalue weighted by Gasteiger charge is -1.93. The van der Waals surface area contributed by atoms with Crippen molar-refractivity contribution in [2.24, 2.45) is 0 Å². The van der Waals surface area contributed by atoms with Gasteiger partial charge in [0, 0.05) is 12.1 Å². The Balaban J connectivity index is 2.39. The molecular weight excluding hydrogens is 160 g/mol. The molecule has 0 saturated carbocycles. The number of methoxy groups -OCH3 is 1. The first-order valence-electron chi connectivity index (χ1n) is 3.59. The highest BCUT2D eigenvalue weighted by atomic mass is 16.5. The number of fused-ring (bicyclic) bond motifs is 1. The molecule has 0 atom stereocenters. The van der Waals surface area contributed by atoms with Gasteiger partial charge in [0.1, 0.15) is 0 Å². The van der Waals surface area contributed by atoms with Crippen LogP contribution in [-0.2, 0) is 17.8 Å². The molecular formula is C7H8N2O3. The van der Waals surface area contributed by atoms with Crippen molar-refractivity contribution in [1.29, 1.82) is 0 Å². The van der Waals surface area contributed by atoms with E-state index in [4.69, 9.17) is 4.52 Å². The van der Waals surface area contributed by atoms with Crippen molar-refractivity contribution >= 4 is 5.97 Å². The fourth-order valence-electron chi connectivity index (χ4n) is 1.22. The van der Waals surface area contributed by atoms with Crippen LogP contribution in [0.4, 0.5) is 0 Å². The van der Waals surface area contributed by atoms with Gasteiger partial charge < -0.3 is 14.6 Å². The van der Waals surface area contributed by atoms with Crippen LogP contribution in [-0.4, -0.2) is 18.2 Å². The molecule has 1 aromatic heterocycles. The summed E-state index contributed by atoms with van der Waals surface area (Å²) in [5.41, 5.74) is 1.11. The number of ether oxygens (including phenoxy) is 1. The van der Waals surface area contributed by atoms with Gasteiger partial charge in [-0.15, -0.1) is 0 Å². The number of aromatic nitrogens is 1. The quantitative estimate of drug-likeness (QED) is 0.601. The van der Waals surface area contributed by atoms with Crippen LogP contribution in [0.2, 0.25) is 0 Å². The highest BCUT2D eigenvalue weighted by molar-refractivity contribution is 5.88. The van der Waals surface area contributed by atoms with E-state index in [2.05, 4.69) is 15.2 Å². The van der Waals surface area contributed by atoms with Crippen LogP contribution in [0.1, 0.15) is 21.8 Å². The minimum atomic E-state index is -0.441. The predicted molar refractivity (Wildman–Crippen MR) is 38.4 cm³/mol. The lowest BCUT2D eigenvalue weighted by molar-refractivity contribution is 0.0587. The Kier molecular flexibility index (Phi) is 1.58. The Morgan fingerprint density at radius 3 is 3.25 bits per heavy atom. The Labute approximate surface area is 68.7 Å². The van der Waals surface area contributed by atoms with E-state index < -0.39 is 5.97 Å². The molecule has 1 N–H and O–H groups in total. The topological polar surface area (TPSA) is 64.4 Å². The van der Waals surface area contributed by atoms with E-state index in [9.17, 15) is 4.79 Å². The van der Waals surface area contributed by atoms with Crippen molar-refractivity contribution < 1.29 is 14.1 Å². The van der Waals surface area contributed by atoms with Crippen LogP contribution in [0.5, 0.6) is 0 Å². The highest BCUT2D eigenvalue weighted by Crippen LogP contribution is 2.19.